The normalized spacial score (nSPS) is 14.3. The van der Waals surface area contributed by atoms with Crippen LogP contribution < -0.4 is 10.2 Å². The highest BCUT2D eigenvalue weighted by Crippen LogP contribution is 2.26. The standard InChI is InChI=1S/C19H17N3O2S/c1-12-20-16-8-7-14(11-17(16)25-12)21-19(24)13-4-2-5-15(10-13)22-9-3-6-18(22)23/h2,4-5,7-8,10-11H,3,6,9H2,1H3,(H,21,24). The number of aryl methyl sites for hydroxylation is 1. The number of thiazole rings is 1. The van der Waals surface area contributed by atoms with E-state index in [0.717, 1.165) is 33.0 Å². The molecule has 6 heteroatoms. The first-order valence-corrected chi connectivity index (χ1v) is 9.01. The van der Waals surface area contributed by atoms with Crippen LogP contribution in [0.4, 0.5) is 11.4 Å². The van der Waals surface area contributed by atoms with Crippen LogP contribution in [0.1, 0.15) is 28.2 Å². The Balaban J connectivity index is 1.56. The first kappa shape index (κ1) is 15.8. The van der Waals surface area contributed by atoms with Gasteiger partial charge in [-0.05, 0) is 49.7 Å². The lowest BCUT2D eigenvalue weighted by Gasteiger charge is -2.16. The summed E-state index contributed by atoms with van der Waals surface area (Å²) in [5, 5.41) is 3.93. The van der Waals surface area contributed by atoms with Gasteiger partial charge in [0, 0.05) is 29.9 Å². The number of nitrogens with one attached hydrogen (secondary N) is 1. The molecule has 0 aliphatic carbocycles. The van der Waals surface area contributed by atoms with Gasteiger partial charge in [0.05, 0.1) is 15.2 Å². The van der Waals surface area contributed by atoms with E-state index in [9.17, 15) is 9.59 Å². The van der Waals surface area contributed by atoms with E-state index < -0.39 is 0 Å². The molecule has 1 fully saturated rings. The lowest BCUT2D eigenvalue weighted by Crippen LogP contribution is -2.24. The number of hydrogen-bond acceptors (Lipinski definition) is 4. The van der Waals surface area contributed by atoms with Crippen molar-refractivity contribution >= 4 is 44.7 Å². The summed E-state index contributed by atoms with van der Waals surface area (Å²) in [6, 6.07) is 12.9. The third-order valence-electron chi connectivity index (χ3n) is 4.25. The van der Waals surface area contributed by atoms with Crippen LogP contribution in [0.15, 0.2) is 42.5 Å². The monoisotopic (exact) mass is 351 g/mol. The average molecular weight is 351 g/mol. The van der Waals surface area contributed by atoms with Crippen molar-refractivity contribution in [2.45, 2.75) is 19.8 Å². The van der Waals surface area contributed by atoms with Gasteiger partial charge in [0.2, 0.25) is 5.91 Å². The van der Waals surface area contributed by atoms with Crippen molar-refractivity contribution in [2.75, 3.05) is 16.8 Å². The maximum absolute atomic E-state index is 12.6. The van der Waals surface area contributed by atoms with Crippen LogP contribution in [0.25, 0.3) is 10.2 Å². The molecule has 3 aromatic rings. The first-order valence-electron chi connectivity index (χ1n) is 8.19. The smallest absolute Gasteiger partial charge is 0.255 e. The fourth-order valence-corrected chi connectivity index (χ4v) is 3.92. The summed E-state index contributed by atoms with van der Waals surface area (Å²) in [5.41, 5.74) is 3.00. The number of benzene rings is 2. The first-order chi connectivity index (χ1) is 12.1. The zero-order valence-corrected chi connectivity index (χ0v) is 14.6. The van der Waals surface area contributed by atoms with Crippen molar-refractivity contribution in [1.82, 2.24) is 4.98 Å². The third-order valence-corrected chi connectivity index (χ3v) is 5.18. The Morgan fingerprint density at radius 2 is 2.12 bits per heavy atom. The Bertz CT molecular complexity index is 980. The molecular weight excluding hydrogens is 334 g/mol. The predicted molar refractivity (Wildman–Crippen MR) is 100 cm³/mol. The van der Waals surface area contributed by atoms with Crippen LogP contribution in [-0.4, -0.2) is 23.3 Å². The molecule has 1 aromatic heterocycles. The van der Waals surface area contributed by atoms with Crippen molar-refractivity contribution in [3.8, 4) is 0 Å². The van der Waals surface area contributed by atoms with E-state index in [4.69, 9.17) is 0 Å². The second-order valence-corrected chi connectivity index (χ2v) is 7.30. The number of carbonyl (C=O) groups is 2. The van der Waals surface area contributed by atoms with Gasteiger partial charge in [0.15, 0.2) is 0 Å². The molecule has 0 bridgehead atoms. The Morgan fingerprint density at radius 1 is 1.24 bits per heavy atom. The molecule has 0 spiro atoms. The van der Waals surface area contributed by atoms with E-state index in [1.54, 1.807) is 28.4 Å². The molecule has 5 nitrogen and oxygen atoms in total. The number of nitrogens with zero attached hydrogens (tertiary/aromatic N) is 2. The second-order valence-electron chi connectivity index (χ2n) is 6.07. The lowest BCUT2D eigenvalue weighted by atomic mass is 10.1. The van der Waals surface area contributed by atoms with Crippen LogP contribution >= 0.6 is 11.3 Å². The van der Waals surface area contributed by atoms with Crippen molar-refractivity contribution < 1.29 is 9.59 Å². The molecule has 0 saturated carbocycles. The maximum atomic E-state index is 12.6. The fourth-order valence-electron chi connectivity index (χ4n) is 3.06. The van der Waals surface area contributed by atoms with Gasteiger partial charge in [0.1, 0.15) is 0 Å². The molecule has 2 heterocycles. The highest BCUT2D eigenvalue weighted by atomic mass is 32.1. The lowest BCUT2D eigenvalue weighted by molar-refractivity contribution is -0.117. The minimum Gasteiger partial charge on any atom is -0.322 e. The molecule has 126 valence electrons. The van der Waals surface area contributed by atoms with Gasteiger partial charge in [-0.2, -0.15) is 0 Å². The molecule has 2 amide bonds. The van der Waals surface area contributed by atoms with E-state index in [1.807, 2.05) is 37.3 Å². The van der Waals surface area contributed by atoms with Crippen molar-refractivity contribution in [3.63, 3.8) is 0 Å². The molecule has 1 aliphatic heterocycles. The van der Waals surface area contributed by atoms with E-state index in [0.29, 0.717) is 18.5 Å². The van der Waals surface area contributed by atoms with Crippen molar-refractivity contribution in [3.05, 3.63) is 53.0 Å². The summed E-state index contributed by atoms with van der Waals surface area (Å²) < 4.78 is 1.05. The number of aromatic nitrogens is 1. The van der Waals surface area contributed by atoms with Crippen LogP contribution in [0.3, 0.4) is 0 Å². The number of hydrogen-bond donors (Lipinski definition) is 1. The molecule has 2 aromatic carbocycles. The van der Waals surface area contributed by atoms with E-state index in [1.165, 1.54) is 0 Å². The zero-order valence-electron chi connectivity index (χ0n) is 13.8. The quantitative estimate of drug-likeness (QED) is 0.776. The number of carbonyl (C=O) groups excluding carboxylic acids is 2. The summed E-state index contributed by atoms with van der Waals surface area (Å²) in [5.74, 6) is -0.0716. The SMILES string of the molecule is Cc1nc2ccc(NC(=O)c3cccc(N4CCCC4=O)c3)cc2s1. The Kier molecular flexibility index (Phi) is 3.97. The molecule has 0 radical (unpaired) electrons. The summed E-state index contributed by atoms with van der Waals surface area (Å²) in [6.07, 6.45) is 1.44. The number of anilines is 2. The summed E-state index contributed by atoms with van der Waals surface area (Å²) in [6.45, 7) is 2.68. The maximum Gasteiger partial charge on any atom is 0.255 e. The number of rotatable bonds is 3. The molecule has 25 heavy (non-hydrogen) atoms. The van der Waals surface area contributed by atoms with Crippen LogP contribution in [0.5, 0.6) is 0 Å². The fraction of sp³-hybridized carbons (Fsp3) is 0.211. The summed E-state index contributed by atoms with van der Waals surface area (Å²) in [7, 11) is 0. The highest BCUT2D eigenvalue weighted by molar-refractivity contribution is 7.18. The topological polar surface area (TPSA) is 62.3 Å². The van der Waals surface area contributed by atoms with Crippen LogP contribution in [0, 0.1) is 6.92 Å². The van der Waals surface area contributed by atoms with Crippen LogP contribution in [0.2, 0.25) is 0 Å². The molecule has 0 atom stereocenters. The summed E-state index contributed by atoms with van der Waals surface area (Å²) in [4.78, 5) is 30.6. The third kappa shape index (κ3) is 3.13. The molecule has 0 unspecified atom stereocenters. The molecule has 4 rings (SSSR count). The zero-order chi connectivity index (χ0) is 17.4. The largest absolute Gasteiger partial charge is 0.322 e. The molecule has 1 aliphatic rings. The second kappa shape index (κ2) is 6.29. The molecular formula is C19H17N3O2S. The van der Waals surface area contributed by atoms with Gasteiger partial charge in [-0.25, -0.2) is 4.98 Å². The number of amides is 2. The Hall–Kier alpha value is -2.73. The Labute approximate surface area is 149 Å². The van der Waals surface area contributed by atoms with E-state index in [2.05, 4.69) is 10.3 Å². The Morgan fingerprint density at radius 3 is 2.92 bits per heavy atom. The summed E-state index contributed by atoms with van der Waals surface area (Å²) >= 11 is 1.60. The molecule has 1 saturated heterocycles. The van der Waals surface area contributed by atoms with Crippen molar-refractivity contribution in [1.29, 1.82) is 0 Å². The van der Waals surface area contributed by atoms with Gasteiger partial charge in [-0.1, -0.05) is 6.07 Å². The minimum atomic E-state index is -0.186. The minimum absolute atomic E-state index is 0.114. The van der Waals surface area contributed by atoms with Gasteiger partial charge >= 0.3 is 0 Å². The highest BCUT2D eigenvalue weighted by Gasteiger charge is 2.22. The van der Waals surface area contributed by atoms with Gasteiger partial charge in [0.25, 0.3) is 5.91 Å². The van der Waals surface area contributed by atoms with Gasteiger partial charge in [-0.3, -0.25) is 9.59 Å². The van der Waals surface area contributed by atoms with E-state index in [-0.39, 0.29) is 11.8 Å². The average Bonchev–Trinajstić information content (AvgIpc) is 3.19. The predicted octanol–water partition coefficient (Wildman–Crippen LogP) is 3.98. The van der Waals surface area contributed by atoms with Crippen LogP contribution in [-0.2, 0) is 4.79 Å². The number of fused-ring (bicyclic) bond motifs is 1. The van der Waals surface area contributed by atoms with Gasteiger partial charge in [-0.15, -0.1) is 11.3 Å². The molecule has 1 N–H and O–H groups in total. The van der Waals surface area contributed by atoms with Crippen molar-refractivity contribution in [2.24, 2.45) is 0 Å². The van der Waals surface area contributed by atoms with E-state index >= 15 is 0 Å². The van der Waals surface area contributed by atoms with Gasteiger partial charge < -0.3 is 10.2 Å².